The van der Waals surface area contributed by atoms with Crippen molar-refractivity contribution in [2.45, 2.75) is 37.3 Å². The molecule has 8 N–H and O–H groups in total. The molecular weight excluding hydrogens is 743 g/mol. The fraction of sp³-hybridized carbons (Fsp3) is 0.303. The molecule has 0 saturated carbocycles. The Morgan fingerprint density at radius 1 is 0.926 bits per heavy atom. The summed E-state index contributed by atoms with van der Waals surface area (Å²) in [5.41, 5.74) is -1.24. The maximum atomic E-state index is 14.7. The molecule has 2 atom stereocenters. The average molecular weight is 774 g/mol. The number of phenols is 4. The summed E-state index contributed by atoms with van der Waals surface area (Å²) in [5.74, 6) is -10.7. The number of rotatable bonds is 7. The number of nitrogens with one attached hydrogen (secondary N) is 2. The Labute approximate surface area is 309 Å². The van der Waals surface area contributed by atoms with E-state index in [0.29, 0.717) is 18.9 Å². The molecule has 21 heteroatoms. The Bertz CT molecular complexity index is 2050. The second-order valence-electron chi connectivity index (χ2n) is 12.8. The number of urea groups is 2. The van der Waals surface area contributed by atoms with Gasteiger partial charge in [0.25, 0.3) is 5.91 Å². The zero-order chi connectivity index (χ0) is 39.2. The number of fused-ring (bicyclic) bond motifs is 1. The Morgan fingerprint density at radius 3 is 2.24 bits per heavy atom. The lowest BCUT2D eigenvalue weighted by Crippen LogP contribution is -2.56. The predicted octanol–water partition coefficient (Wildman–Crippen LogP) is 2.07. The standard InChI is InChI=1S/C33H31BClF2N5O12/c35-24-19(13-21(37)26(45)27(24)46)25(29(47)38-22-11-14-1-2-20(36)23(31(49)50)28(14)54-34(22)53)39-32(51)42-8-7-41(33(42)52)16-3-5-40(6-4-16)30(48)15-9-17(43)12-18(44)10-15/h1-2,9-10,12-13,16,22,25,43-46,53H,3-8,11H2,(H,38,47)(H,39,51)(H,49,50). The summed E-state index contributed by atoms with van der Waals surface area (Å²) in [5, 5.41) is 63.6. The molecule has 2 unspecified atom stereocenters. The van der Waals surface area contributed by atoms with Gasteiger partial charge in [0.05, 0.1) is 11.0 Å². The van der Waals surface area contributed by atoms with Crippen LogP contribution in [0.15, 0.2) is 36.4 Å². The van der Waals surface area contributed by atoms with Gasteiger partial charge >= 0.3 is 25.1 Å². The summed E-state index contributed by atoms with van der Waals surface area (Å²) < 4.78 is 34.1. The first-order chi connectivity index (χ1) is 25.5. The lowest BCUT2D eigenvalue weighted by molar-refractivity contribution is -0.123. The van der Waals surface area contributed by atoms with E-state index < -0.39 is 100 Å². The number of aromatic hydroxyl groups is 4. The molecule has 6 rings (SSSR count). The minimum absolute atomic E-state index is 0.0709. The number of nitrogens with zero attached hydrogens (tertiary/aromatic N) is 3. The fourth-order valence-electron chi connectivity index (χ4n) is 6.71. The third kappa shape index (κ3) is 7.16. The van der Waals surface area contributed by atoms with Gasteiger partial charge in [-0.05, 0) is 49.1 Å². The van der Waals surface area contributed by atoms with Crippen LogP contribution in [-0.4, -0.2) is 120 Å². The number of carbonyl (C=O) groups excluding carboxylic acids is 4. The third-order valence-electron chi connectivity index (χ3n) is 9.42. The van der Waals surface area contributed by atoms with Gasteiger partial charge in [0.2, 0.25) is 5.91 Å². The first kappa shape index (κ1) is 37.7. The van der Waals surface area contributed by atoms with Crippen LogP contribution in [0.2, 0.25) is 5.02 Å². The molecule has 0 bridgehead atoms. The zero-order valence-electron chi connectivity index (χ0n) is 27.8. The number of halogens is 3. The number of carbonyl (C=O) groups is 5. The Morgan fingerprint density at radius 2 is 1.59 bits per heavy atom. The van der Waals surface area contributed by atoms with E-state index >= 15 is 0 Å². The number of hydrogen-bond donors (Lipinski definition) is 8. The van der Waals surface area contributed by atoms with Gasteiger partial charge in [0, 0.05) is 49.4 Å². The molecule has 284 valence electrons. The molecule has 6 amide bonds. The smallest absolute Gasteiger partial charge is 0.534 e. The summed E-state index contributed by atoms with van der Waals surface area (Å²) in [6.07, 6.45) is 0.340. The number of imide groups is 1. The highest BCUT2D eigenvalue weighted by molar-refractivity contribution is 6.47. The quantitative estimate of drug-likeness (QED) is 0.127. The van der Waals surface area contributed by atoms with Crippen molar-refractivity contribution < 1.29 is 68.0 Å². The minimum Gasteiger partial charge on any atom is -0.534 e. The van der Waals surface area contributed by atoms with Crippen LogP contribution in [0.4, 0.5) is 18.4 Å². The van der Waals surface area contributed by atoms with Crippen LogP contribution in [0.5, 0.6) is 28.7 Å². The fourth-order valence-corrected chi connectivity index (χ4v) is 6.96. The number of carboxylic acid groups (broad SMARTS) is 1. The maximum absolute atomic E-state index is 14.7. The molecule has 2 fully saturated rings. The van der Waals surface area contributed by atoms with Crippen LogP contribution >= 0.6 is 11.6 Å². The molecule has 3 aromatic rings. The summed E-state index contributed by atoms with van der Waals surface area (Å²) in [7, 11) is -1.94. The maximum Gasteiger partial charge on any atom is 0.547 e. The number of hydrogen-bond acceptors (Lipinski definition) is 11. The van der Waals surface area contributed by atoms with Crippen LogP contribution < -0.4 is 15.3 Å². The van der Waals surface area contributed by atoms with Gasteiger partial charge in [0.1, 0.15) is 34.7 Å². The van der Waals surface area contributed by atoms with E-state index in [4.69, 9.17) is 16.3 Å². The van der Waals surface area contributed by atoms with E-state index in [1.807, 2.05) is 0 Å². The van der Waals surface area contributed by atoms with Crippen molar-refractivity contribution >= 4 is 48.6 Å². The number of phenolic OH excluding ortho intramolecular Hbond substituents is 4. The molecule has 0 aliphatic carbocycles. The predicted molar refractivity (Wildman–Crippen MR) is 181 cm³/mol. The second-order valence-corrected chi connectivity index (χ2v) is 13.2. The van der Waals surface area contributed by atoms with Gasteiger partial charge in [-0.15, -0.1) is 0 Å². The van der Waals surface area contributed by atoms with Gasteiger partial charge in [-0.2, -0.15) is 0 Å². The lowest BCUT2D eigenvalue weighted by atomic mass is 9.72. The molecule has 3 aliphatic heterocycles. The van der Waals surface area contributed by atoms with Crippen molar-refractivity contribution in [3.8, 4) is 28.7 Å². The average Bonchev–Trinajstić information content (AvgIpc) is 3.51. The van der Waals surface area contributed by atoms with E-state index in [9.17, 15) is 63.3 Å². The zero-order valence-corrected chi connectivity index (χ0v) is 28.6. The van der Waals surface area contributed by atoms with Crippen LogP contribution in [-0.2, 0) is 11.2 Å². The van der Waals surface area contributed by atoms with Crippen molar-refractivity contribution in [2.24, 2.45) is 0 Å². The highest BCUT2D eigenvalue weighted by atomic mass is 35.5. The molecule has 0 aromatic heterocycles. The lowest BCUT2D eigenvalue weighted by Gasteiger charge is -2.36. The topological polar surface area (TPSA) is 250 Å². The Kier molecular flexibility index (Phi) is 10.3. The van der Waals surface area contributed by atoms with Gasteiger partial charge in [-0.3, -0.25) is 9.59 Å². The molecule has 0 spiro atoms. The Hall–Kier alpha value is -6.02. The van der Waals surface area contributed by atoms with Crippen molar-refractivity contribution in [3.05, 3.63) is 75.3 Å². The summed E-state index contributed by atoms with van der Waals surface area (Å²) >= 11 is 6.18. The summed E-state index contributed by atoms with van der Waals surface area (Å²) in [4.78, 5) is 69.2. The minimum atomic E-state index is -1.98. The molecular formula is C33H31BClF2N5O12. The number of carboxylic acids is 1. The molecule has 17 nitrogen and oxygen atoms in total. The second kappa shape index (κ2) is 14.8. The van der Waals surface area contributed by atoms with Gasteiger partial charge < -0.3 is 55.6 Å². The Balaban J connectivity index is 1.17. The van der Waals surface area contributed by atoms with E-state index in [1.165, 1.54) is 28.0 Å². The normalized spacial score (nSPS) is 17.9. The van der Waals surface area contributed by atoms with Crippen LogP contribution in [0.3, 0.4) is 0 Å². The largest absolute Gasteiger partial charge is 0.547 e. The van der Waals surface area contributed by atoms with Crippen LogP contribution in [0, 0.1) is 11.6 Å². The first-order valence-corrected chi connectivity index (χ1v) is 16.7. The van der Waals surface area contributed by atoms with Crippen molar-refractivity contribution in [3.63, 3.8) is 0 Å². The van der Waals surface area contributed by atoms with E-state index in [1.54, 1.807) is 0 Å². The van der Waals surface area contributed by atoms with Gasteiger partial charge in [-0.25, -0.2) is 28.1 Å². The monoisotopic (exact) mass is 773 g/mol. The molecule has 3 aliphatic rings. The number of aromatic carboxylic acids is 1. The summed E-state index contributed by atoms with van der Waals surface area (Å²) in [6.45, 7) is 0.334. The molecule has 2 saturated heterocycles. The SMILES string of the molecule is O=C(O)c1c(F)ccc2c1OB(O)C(NC(=O)C(NC(=O)N1CCN(C3CCN(C(=O)c4cc(O)cc(O)c4)CC3)C1=O)c1cc(F)c(O)c(O)c1Cl)C2. The first-order valence-electron chi connectivity index (χ1n) is 16.4. The third-order valence-corrected chi connectivity index (χ3v) is 9.81. The van der Waals surface area contributed by atoms with Crippen LogP contribution in [0.25, 0.3) is 0 Å². The van der Waals surface area contributed by atoms with Crippen LogP contribution in [0.1, 0.15) is 50.7 Å². The molecule has 3 aromatic carbocycles. The molecule has 54 heavy (non-hydrogen) atoms. The number of benzene rings is 3. The molecule has 0 radical (unpaired) electrons. The highest BCUT2D eigenvalue weighted by Crippen LogP contribution is 2.41. The van der Waals surface area contributed by atoms with E-state index in [2.05, 4.69) is 10.6 Å². The number of piperidine rings is 1. The summed E-state index contributed by atoms with van der Waals surface area (Å²) in [6, 6.07) is 1.84. The van der Waals surface area contributed by atoms with E-state index in [0.717, 1.165) is 17.0 Å². The highest BCUT2D eigenvalue weighted by Gasteiger charge is 2.43. The van der Waals surface area contributed by atoms with Gasteiger partial charge in [0.15, 0.2) is 17.3 Å². The van der Waals surface area contributed by atoms with E-state index in [-0.39, 0.29) is 55.2 Å². The van der Waals surface area contributed by atoms with Crippen molar-refractivity contribution in [2.75, 3.05) is 26.2 Å². The van der Waals surface area contributed by atoms with Gasteiger partial charge in [-0.1, -0.05) is 17.7 Å². The molecule has 3 heterocycles. The number of amides is 6. The van der Waals surface area contributed by atoms with Crippen molar-refractivity contribution in [1.82, 2.24) is 25.3 Å². The van der Waals surface area contributed by atoms with Crippen molar-refractivity contribution in [1.29, 1.82) is 0 Å². The number of likely N-dealkylation sites (tertiary alicyclic amines) is 1.